The largest absolute Gasteiger partial charge is 0.444 e. The lowest BCUT2D eigenvalue weighted by Gasteiger charge is -2.39. The monoisotopic (exact) mass is 330 g/mol. The Bertz CT molecular complexity index is 653. The molecular weight excluding hydrogens is 304 g/mol. The summed E-state index contributed by atoms with van der Waals surface area (Å²) in [5.74, 6) is 0.374. The van der Waals surface area contributed by atoms with Gasteiger partial charge in [-0.15, -0.1) is 0 Å². The summed E-state index contributed by atoms with van der Waals surface area (Å²) >= 11 is 0. The van der Waals surface area contributed by atoms with Gasteiger partial charge in [-0.25, -0.2) is 4.79 Å². The zero-order chi connectivity index (χ0) is 16.9. The van der Waals surface area contributed by atoms with Crippen molar-refractivity contribution in [3.8, 4) is 0 Å². The van der Waals surface area contributed by atoms with Gasteiger partial charge in [0.15, 0.2) is 0 Å². The van der Waals surface area contributed by atoms with Gasteiger partial charge in [-0.05, 0) is 32.8 Å². The molecule has 0 bridgehead atoms. The molecule has 0 saturated carbocycles. The molecule has 1 aromatic carbocycles. The number of hydrogen-bond donors (Lipinski definition) is 0. The number of likely N-dealkylation sites (tertiary alicyclic amines) is 1. The minimum absolute atomic E-state index is 0.187. The highest BCUT2D eigenvalue weighted by atomic mass is 16.6. The highest BCUT2D eigenvalue weighted by molar-refractivity contribution is 5.71. The molecule has 1 aromatic rings. The number of amides is 1. The number of rotatable bonds is 0. The fraction of sp³-hybridized carbons (Fsp3) is 0.632. The predicted octanol–water partition coefficient (Wildman–Crippen LogP) is 3.13. The lowest BCUT2D eigenvalue weighted by atomic mass is 9.89. The van der Waals surface area contributed by atoms with E-state index in [4.69, 9.17) is 9.47 Å². The van der Waals surface area contributed by atoms with Crippen LogP contribution in [0.1, 0.15) is 44.2 Å². The van der Waals surface area contributed by atoms with E-state index in [0.717, 1.165) is 32.7 Å². The molecule has 4 rings (SSSR count). The van der Waals surface area contributed by atoms with E-state index < -0.39 is 5.60 Å². The van der Waals surface area contributed by atoms with E-state index >= 15 is 0 Å². The standard InChI is InChI=1S/C19H26N2O3/c1-19(2,3)24-18(22)20-8-7-16-15(11-20)14-6-4-5-13-12-23-10-9-21(16)17(13)14/h4-6,15-16H,7-12H2,1-3H3. The maximum Gasteiger partial charge on any atom is 0.410 e. The first-order valence-corrected chi connectivity index (χ1v) is 8.88. The Morgan fingerprint density at radius 3 is 2.92 bits per heavy atom. The van der Waals surface area contributed by atoms with Crippen molar-refractivity contribution in [2.45, 2.75) is 51.4 Å². The number of anilines is 1. The van der Waals surface area contributed by atoms with Gasteiger partial charge >= 0.3 is 6.09 Å². The smallest absolute Gasteiger partial charge is 0.410 e. The van der Waals surface area contributed by atoms with E-state index in [1.54, 1.807) is 0 Å². The number of nitrogens with zero attached hydrogens (tertiary/aromatic N) is 2. The van der Waals surface area contributed by atoms with Crippen molar-refractivity contribution in [1.82, 2.24) is 4.90 Å². The Morgan fingerprint density at radius 2 is 2.12 bits per heavy atom. The molecule has 0 aromatic heterocycles. The number of carbonyl (C=O) groups excluding carboxylic acids is 1. The molecule has 1 amide bonds. The summed E-state index contributed by atoms with van der Waals surface area (Å²) in [6.07, 6.45) is 0.797. The predicted molar refractivity (Wildman–Crippen MR) is 92.4 cm³/mol. The summed E-state index contributed by atoms with van der Waals surface area (Å²) in [6, 6.07) is 6.98. The molecule has 2 atom stereocenters. The molecule has 0 aliphatic carbocycles. The fourth-order valence-corrected chi connectivity index (χ4v) is 4.28. The molecule has 3 aliphatic heterocycles. The molecule has 0 spiro atoms. The summed E-state index contributed by atoms with van der Waals surface area (Å²) in [5.41, 5.74) is 3.56. The maximum atomic E-state index is 12.5. The zero-order valence-electron chi connectivity index (χ0n) is 14.7. The lowest BCUT2D eigenvalue weighted by Crippen LogP contribution is -2.49. The van der Waals surface area contributed by atoms with Crippen LogP contribution in [0.25, 0.3) is 0 Å². The van der Waals surface area contributed by atoms with Crippen LogP contribution in [-0.4, -0.2) is 48.9 Å². The first kappa shape index (κ1) is 15.8. The van der Waals surface area contributed by atoms with Crippen LogP contribution >= 0.6 is 0 Å². The third-order valence-corrected chi connectivity index (χ3v) is 5.20. The number of benzene rings is 1. The van der Waals surface area contributed by atoms with Crippen LogP contribution in [-0.2, 0) is 16.1 Å². The van der Waals surface area contributed by atoms with Gasteiger partial charge in [0.2, 0.25) is 0 Å². The van der Waals surface area contributed by atoms with Gasteiger partial charge in [-0.3, -0.25) is 0 Å². The van der Waals surface area contributed by atoms with Crippen LogP contribution in [0.4, 0.5) is 10.5 Å². The van der Waals surface area contributed by atoms with Crippen molar-refractivity contribution in [3.63, 3.8) is 0 Å². The van der Waals surface area contributed by atoms with Gasteiger partial charge in [-0.2, -0.15) is 0 Å². The van der Waals surface area contributed by atoms with Crippen LogP contribution in [0, 0.1) is 0 Å². The Hall–Kier alpha value is -1.75. The van der Waals surface area contributed by atoms with Crippen LogP contribution in [0.2, 0.25) is 0 Å². The third-order valence-electron chi connectivity index (χ3n) is 5.20. The quantitative estimate of drug-likeness (QED) is 0.733. The molecule has 1 fully saturated rings. The number of piperidine rings is 1. The fourth-order valence-electron chi connectivity index (χ4n) is 4.28. The highest BCUT2D eigenvalue weighted by Gasteiger charge is 2.44. The molecule has 24 heavy (non-hydrogen) atoms. The topological polar surface area (TPSA) is 42.0 Å². The van der Waals surface area contributed by atoms with Gasteiger partial charge in [0, 0.05) is 42.8 Å². The van der Waals surface area contributed by atoms with Crippen molar-refractivity contribution >= 4 is 11.8 Å². The van der Waals surface area contributed by atoms with Crippen molar-refractivity contribution in [3.05, 3.63) is 29.3 Å². The normalized spacial score (nSPS) is 25.8. The molecule has 0 radical (unpaired) electrons. The van der Waals surface area contributed by atoms with Crippen molar-refractivity contribution in [1.29, 1.82) is 0 Å². The van der Waals surface area contributed by atoms with Crippen molar-refractivity contribution in [2.75, 3.05) is 31.1 Å². The van der Waals surface area contributed by atoms with E-state index in [1.165, 1.54) is 16.8 Å². The molecule has 130 valence electrons. The van der Waals surface area contributed by atoms with Crippen LogP contribution < -0.4 is 4.90 Å². The Morgan fingerprint density at radius 1 is 1.29 bits per heavy atom. The number of carbonyl (C=O) groups is 1. The second-order valence-corrected chi connectivity index (χ2v) is 7.99. The zero-order valence-corrected chi connectivity index (χ0v) is 14.7. The molecule has 1 saturated heterocycles. The van der Waals surface area contributed by atoms with E-state index in [0.29, 0.717) is 18.6 Å². The Balaban J connectivity index is 1.60. The van der Waals surface area contributed by atoms with Crippen LogP contribution in [0.5, 0.6) is 0 Å². The molecule has 5 nitrogen and oxygen atoms in total. The van der Waals surface area contributed by atoms with Crippen LogP contribution in [0.15, 0.2) is 18.2 Å². The summed E-state index contributed by atoms with van der Waals surface area (Å²) in [5, 5.41) is 0. The Labute approximate surface area is 143 Å². The Kier molecular flexibility index (Phi) is 3.71. The minimum atomic E-state index is -0.446. The summed E-state index contributed by atoms with van der Waals surface area (Å²) in [7, 11) is 0. The first-order valence-electron chi connectivity index (χ1n) is 8.88. The van der Waals surface area contributed by atoms with Crippen molar-refractivity contribution < 1.29 is 14.3 Å². The summed E-state index contributed by atoms with van der Waals surface area (Å²) in [4.78, 5) is 16.9. The van der Waals surface area contributed by atoms with E-state index in [2.05, 4.69) is 23.1 Å². The van der Waals surface area contributed by atoms with Crippen LogP contribution in [0.3, 0.4) is 0 Å². The number of para-hydroxylation sites is 1. The van der Waals surface area contributed by atoms with E-state index in [1.807, 2.05) is 25.7 Å². The minimum Gasteiger partial charge on any atom is -0.444 e. The third kappa shape index (κ3) is 2.65. The van der Waals surface area contributed by atoms with Gasteiger partial charge in [0.25, 0.3) is 0 Å². The SMILES string of the molecule is CC(C)(C)OC(=O)N1CCC2C(C1)c1cccc3c1N2CCOC3. The van der Waals surface area contributed by atoms with E-state index in [-0.39, 0.29) is 6.09 Å². The molecule has 2 unspecified atom stereocenters. The van der Waals surface area contributed by atoms with Gasteiger partial charge < -0.3 is 19.3 Å². The first-order chi connectivity index (χ1) is 11.4. The molecule has 3 heterocycles. The maximum absolute atomic E-state index is 12.5. The van der Waals surface area contributed by atoms with Gasteiger partial charge in [0.05, 0.1) is 13.2 Å². The molecule has 5 heteroatoms. The molecule has 3 aliphatic rings. The average Bonchev–Trinajstić information content (AvgIpc) is 2.69. The highest BCUT2D eigenvalue weighted by Crippen LogP contribution is 2.47. The summed E-state index contributed by atoms with van der Waals surface area (Å²) < 4.78 is 11.3. The number of hydrogen-bond acceptors (Lipinski definition) is 4. The second kappa shape index (κ2) is 5.66. The summed E-state index contributed by atoms with van der Waals surface area (Å²) in [6.45, 7) is 9.66. The average molecular weight is 330 g/mol. The number of ether oxygens (including phenoxy) is 2. The van der Waals surface area contributed by atoms with E-state index in [9.17, 15) is 4.79 Å². The van der Waals surface area contributed by atoms with Gasteiger partial charge in [0.1, 0.15) is 5.60 Å². The molecular formula is C19H26N2O3. The number of fused-ring (bicyclic) bond motifs is 3. The van der Waals surface area contributed by atoms with Gasteiger partial charge in [-0.1, -0.05) is 18.2 Å². The molecule has 0 N–H and O–H groups in total. The lowest BCUT2D eigenvalue weighted by molar-refractivity contribution is 0.0188. The van der Waals surface area contributed by atoms with Crippen molar-refractivity contribution in [2.24, 2.45) is 0 Å². The second-order valence-electron chi connectivity index (χ2n) is 7.99.